The van der Waals surface area contributed by atoms with Gasteiger partial charge in [0.05, 0.1) is 0 Å². The Morgan fingerprint density at radius 3 is 2.94 bits per heavy atom. The first-order chi connectivity index (χ1) is 8.19. The Balaban J connectivity index is 2.41. The number of amides is 1. The lowest BCUT2D eigenvalue weighted by Crippen LogP contribution is -2.45. The van der Waals surface area contributed by atoms with E-state index in [1.165, 1.54) is 38.6 Å². The van der Waals surface area contributed by atoms with Crippen LogP contribution >= 0.6 is 0 Å². The highest BCUT2D eigenvalue weighted by Crippen LogP contribution is 2.24. The molecule has 17 heavy (non-hydrogen) atoms. The average Bonchev–Trinajstić information content (AvgIpc) is 2.36. The highest BCUT2D eigenvalue weighted by atomic mass is 16.2. The van der Waals surface area contributed by atoms with E-state index in [2.05, 4.69) is 24.2 Å². The van der Waals surface area contributed by atoms with Crippen LogP contribution in [-0.2, 0) is 4.79 Å². The van der Waals surface area contributed by atoms with Gasteiger partial charge < -0.3 is 0 Å². The second-order valence-corrected chi connectivity index (χ2v) is 5.13. The van der Waals surface area contributed by atoms with Crippen LogP contribution in [0.5, 0.6) is 0 Å². The summed E-state index contributed by atoms with van der Waals surface area (Å²) < 4.78 is 0. The smallest absolute Gasteiger partial charge is 0.233 e. The summed E-state index contributed by atoms with van der Waals surface area (Å²) >= 11 is 0. The molecule has 0 aromatic heterocycles. The second-order valence-electron chi connectivity index (χ2n) is 5.13. The van der Waals surface area contributed by atoms with Crippen LogP contribution in [0.4, 0.5) is 0 Å². The Kier molecular flexibility index (Phi) is 6.52. The van der Waals surface area contributed by atoms with E-state index in [0.717, 1.165) is 12.5 Å². The molecule has 1 aliphatic rings. The maximum Gasteiger partial charge on any atom is 0.233 e. The summed E-state index contributed by atoms with van der Waals surface area (Å²) in [6.45, 7) is 5.67. The maximum absolute atomic E-state index is 11.2. The number of likely N-dealkylation sites (tertiary alicyclic amines) is 1. The Labute approximate surface area is 105 Å². The molecule has 1 rings (SSSR count). The van der Waals surface area contributed by atoms with Crippen LogP contribution in [0.15, 0.2) is 0 Å². The fourth-order valence-corrected chi connectivity index (χ4v) is 2.82. The van der Waals surface area contributed by atoms with Crippen molar-refractivity contribution in [1.29, 1.82) is 0 Å². The lowest BCUT2D eigenvalue weighted by Gasteiger charge is -2.40. The van der Waals surface area contributed by atoms with Gasteiger partial charge in [0.15, 0.2) is 0 Å². The van der Waals surface area contributed by atoms with Crippen molar-refractivity contribution >= 4 is 5.91 Å². The average molecular weight is 241 g/mol. The van der Waals surface area contributed by atoms with Crippen molar-refractivity contribution in [3.63, 3.8) is 0 Å². The zero-order chi connectivity index (χ0) is 12.7. The van der Waals surface area contributed by atoms with E-state index in [1.807, 2.05) is 0 Å². The zero-order valence-electron chi connectivity index (χ0n) is 11.2. The van der Waals surface area contributed by atoms with Crippen LogP contribution in [0.2, 0.25) is 0 Å². The molecule has 0 aliphatic carbocycles. The van der Waals surface area contributed by atoms with Crippen molar-refractivity contribution in [3.05, 3.63) is 0 Å². The number of carbonyl (C=O) groups is 1. The van der Waals surface area contributed by atoms with Crippen LogP contribution in [0.1, 0.15) is 58.8 Å². The minimum Gasteiger partial charge on any atom is -0.298 e. The third-order valence-electron chi connectivity index (χ3n) is 3.81. The summed E-state index contributed by atoms with van der Waals surface area (Å²) in [4.78, 5) is 13.7. The van der Waals surface area contributed by atoms with Gasteiger partial charge in [-0.25, -0.2) is 5.84 Å². The molecule has 0 aromatic rings. The van der Waals surface area contributed by atoms with Gasteiger partial charge in [-0.15, -0.1) is 0 Å². The van der Waals surface area contributed by atoms with Gasteiger partial charge in [-0.2, -0.15) is 0 Å². The highest BCUT2D eigenvalue weighted by Gasteiger charge is 2.25. The molecule has 100 valence electrons. The number of hydrogen-bond acceptors (Lipinski definition) is 3. The van der Waals surface area contributed by atoms with E-state index in [-0.39, 0.29) is 5.91 Å². The van der Waals surface area contributed by atoms with Gasteiger partial charge in [0.2, 0.25) is 5.91 Å². The number of nitrogens with one attached hydrogen (secondary N) is 1. The Hall–Kier alpha value is -0.610. The summed E-state index contributed by atoms with van der Waals surface area (Å²) in [7, 11) is 0. The van der Waals surface area contributed by atoms with E-state index in [9.17, 15) is 4.79 Å². The number of nitrogens with two attached hydrogens (primary N) is 1. The fourth-order valence-electron chi connectivity index (χ4n) is 2.82. The van der Waals surface area contributed by atoms with E-state index in [4.69, 9.17) is 5.84 Å². The van der Waals surface area contributed by atoms with Gasteiger partial charge in [-0.3, -0.25) is 15.1 Å². The molecule has 1 heterocycles. The Morgan fingerprint density at radius 1 is 1.53 bits per heavy atom. The van der Waals surface area contributed by atoms with Crippen LogP contribution in [0.3, 0.4) is 0 Å². The molecule has 1 amide bonds. The van der Waals surface area contributed by atoms with Crippen molar-refractivity contribution in [2.75, 3.05) is 6.54 Å². The first-order valence-corrected chi connectivity index (χ1v) is 6.94. The molecule has 0 aromatic carbocycles. The zero-order valence-corrected chi connectivity index (χ0v) is 11.2. The highest BCUT2D eigenvalue weighted by molar-refractivity contribution is 5.75. The van der Waals surface area contributed by atoms with Gasteiger partial charge in [-0.05, 0) is 39.2 Å². The topological polar surface area (TPSA) is 58.4 Å². The first-order valence-electron chi connectivity index (χ1n) is 6.94. The molecular weight excluding hydrogens is 214 g/mol. The maximum atomic E-state index is 11.2. The number of hydrazine groups is 1. The van der Waals surface area contributed by atoms with Crippen molar-refractivity contribution < 1.29 is 4.79 Å². The molecule has 1 saturated heterocycles. The summed E-state index contributed by atoms with van der Waals surface area (Å²) in [5.41, 5.74) is 2.20. The van der Waals surface area contributed by atoms with E-state index < -0.39 is 0 Å². The van der Waals surface area contributed by atoms with E-state index in [0.29, 0.717) is 12.5 Å². The number of nitrogens with zero attached hydrogens (tertiary/aromatic N) is 1. The van der Waals surface area contributed by atoms with Gasteiger partial charge >= 0.3 is 0 Å². The molecule has 4 nitrogen and oxygen atoms in total. The summed E-state index contributed by atoms with van der Waals surface area (Å²) in [6, 6.07) is 1.22. The molecule has 1 aliphatic heterocycles. The minimum absolute atomic E-state index is 0.0547. The van der Waals surface area contributed by atoms with Crippen LogP contribution < -0.4 is 11.3 Å². The number of piperidine rings is 1. The van der Waals surface area contributed by atoms with Crippen molar-refractivity contribution in [3.8, 4) is 0 Å². The lowest BCUT2D eigenvalue weighted by atomic mass is 9.95. The molecule has 2 atom stereocenters. The SMILES string of the molecule is CCCC1CCCCN1C(C)CCC(=O)NN. The standard InChI is InChI=1S/C13H27N3O/c1-3-6-12-7-4-5-10-16(12)11(2)8-9-13(17)15-14/h11-12H,3-10,14H2,1-2H3,(H,15,17). The second kappa shape index (κ2) is 7.67. The fraction of sp³-hybridized carbons (Fsp3) is 0.923. The van der Waals surface area contributed by atoms with Gasteiger partial charge in [0.1, 0.15) is 0 Å². The minimum atomic E-state index is -0.0547. The third-order valence-corrected chi connectivity index (χ3v) is 3.81. The number of hydrogen-bond donors (Lipinski definition) is 2. The molecule has 1 fully saturated rings. The lowest BCUT2D eigenvalue weighted by molar-refractivity contribution is -0.121. The third kappa shape index (κ3) is 4.64. The predicted octanol–water partition coefficient (Wildman–Crippen LogP) is 1.80. The molecule has 0 bridgehead atoms. The molecule has 2 unspecified atom stereocenters. The van der Waals surface area contributed by atoms with Crippen molar-refractivity contribution in [1.82, 2.24) is 10.3 Å². The Bertz CT molecular complexity index is 231. The quantitative estimate of drug-likeness (QED) is 0.423. The number of rotatable bonds is 6. The van der Waals surface area contributed by atoms with Gasteiger partial charge in [0.25, 0.3) is 0 Å². The van der Waals surface area contributed by atoms with Gasteiger partial charge in [-0.1, -0.05) is 19.8 Å². The molecule has 0 saturated carbocycles. The summed E-state index contributed by atoms with van der Waals surface area (Å²) in [5.74, 6) is 5.04. The van der Waals surface area contributed by atoms with Crippen molar-refractivity contribution in [2.45, 2.75) is 70.9 Å². The summed E-state index contributed by atoms with van der Waals surface area (Å²) in [6.07, 6.45) is 7.95. The van der Waals surface area contributed by atoms with Crippen LogP contribution in [-0.4, -0.2) is 29.4 Å². The largest absolute Gasteiger partial charge is 0.298 e. The molecule has 3 N–H and O–H groups in total. The molecule has 0 spiro atoms. The van der Waals surface area contributed by atoms with Crippen LogP contribution in [0.25, 0.3) is 0 Å². The van der Waals surface area contributed by atoms with Crippen molar-refractivity contribution in [2.24, 2.45) is 5.84 Å². The normalized spacial score (nSPS) is 23.4. The molecule has 4 heteroatoms. The summed E-state index contributed by atoms with van der Waals surface area (Å²) in [5, 5.41) is 0. The molecule has 0 radical (unpaired) electrons. The molecular formula is C13H27N3O. The predicted molar refractivity (Wildman–Crippen MR) is 70.3 cm³/mol. The monoisotopic (exact) mass is 241 g/mol. The number of carbonyl (C=O) groups excluding carboxylic acids is 1. The first kappa shape index (κ1) is 14.5. The van der Waals surface area contributed by atoms with Crippen LogP contribution in [0, 0.1) is 0 Å². The van der Waals surface area contributed by atoms with E-state index in [1.54, 1.807) is 0 Å². The van der Waals surface area contributed by atoms with E-state index >= 15 is 0 Å². The Morgan fingerprint density at radius 2 is 2.29 bits per heavy atom. The van der Waals surface area contributed by atoms with Gasteiger partial charge in [0, 0.05) is 18.5 Å².